The summed E-state index contributed by atoms with van der Waals surface area (Å²) in [6.07, 6.45) is 5.07. The van der Waals surface area contributed by atoms with Gasteiger partial charge in [-0.15, -0.1) is 10.2 Å². The van der Waals surface area contributed by atoms with Gasteiger partial charge in [0.05, 0.1) is 12.5 Å². The van der Waals surface area contributed by atoms with Crippen LogP contribution < -0.4 is 5.32 Å². The maximum Gasteiger partial charge on any atom is 0.225 e. The molecule has 3 aromatic rings. The number of carbonyl (C=O) groups is 1. The minimum Gasteiger partial charge on any atom is -0.346 e. The lowest BCUT2D eigenvalue weighted by atomic mass is 10.1. The Kier molecular flexibility index (Phi) is 5.94. The normalized spacial score (nSPS) is 12.2. The molecule has 0 bridgehead atoms. The molecule has 2 aromatic heterocycles. The van der Waals surface area contributed by atoms with E-state index in [1.165, 1.54) is 0 Å². The summed E-state index contributed by atoms with van der Waals surface area (Å²) in [5, 5.41) is 12.2. The zero-order chi connectivity index (χ0) is 17.6. The average Bonchev–Trinajstić information content (AvgIpc) is 3.04. The second kappa shape index (κ2) is 8.36. The molecular formula is C18H19ClN4OS. The summed E-state index contributed by atoms with van der Waals surface area (Å²) in [7, 11) is 0. The third-order valence-corrected chi connectivity index (χ3v) is 4.77. The lowest BCUT2D eigenvalue weighted by Crippen LogP contribution is -2.31. The van der Waals surface area contributed by atoms with E-state index < -0.39 is 0 Å². The van der Waals surface area contributed by atoms with Crippen molar-refractivity contribution in [1.82, 2.24) is 19.9 Å². The molecule has 3 rings (SSSR count). The quantitative estimate of drug-likeness (QED) is 0.687. The highest BCUT2D eigenvalue weighted by molar-refractivity contribution is 7.98. The van der Waals surface area contributed by atoms with Gasteiger partial charge in [-0.2, -0.15) is 11.8 Å². The fraction of sp³-hybridized carbons (Fsp3) is 0.278. The number of benzene rings is 1. The summed E-state index contributed by atoms with van der Waals surface area (Å²) in [5.74, 6) is 1.64. The second-order valence-electron chi connectivity index (χ2n) is 5.69. The number of amides is 1. The number of fused-ring (bicyclic) bond motifs is 1. The zero-order valence-corrected chi connectivity index (χ0v) is 15.4. The van der Waals surface area contributed by atoms with Crippen molar-refractivity contribution >= 4 is 34.9 Å². The van der Waals surface area contributed by atoms with Crippen LogP contribution in [0, 0.1) is 0 Å². The van der Waals surface area contributed by atoms with Crippen molar-refractivity contribution in [2.45, 2.75) is 18.9 Å². The van der Waals surface area contributed by atoms with Crippen LogP contribution in [0.5, 0.6) is 0 Å². The predicted molar refractivity (Wildman–Crippen MR) is 102 cm³/mol. The van der Waals surface area contributed by atoms with Crippen LogP contribution in [0.15, 0.2) is 48.7 Å². The van der Waals surface area contributed by atoms with Crippen molar-refractivity contribution in [2.24, 2.45) is 0 Å². The minimum atomic E-state index is -0.176. The molecule has 0 aliphatic heterocycles. The molecule has 25 heavy (non-hydrogen) atoms. The van der Waals surface area contributed by atoms with Crippen molar-refractivity contribution in [2.75, 3.05) is 12.0 Å². The Morgan fingerprint density at radius 1 is 1.24 bits per heavy atom. The molecule has 0 radical (unpaired) electrons. The van der Waals surface area contributed by atoms with Crippen molar-refractivity contribution in [1.29, 1.82) is 0 Å². The van der Waals surface area contributed by atoms with Gasteiger partial charge in [-0.3, -0.25) is 9.20 Å². The topological polar surface area (TPSA) is 59.3 Å². The fourth-order valence-electron chi connectivity index (χ4n) is 2.63. The average molecular weight is 375 g/mol. The zero-order valence-electron chi connectivity index (χ0n) is 13.9. The first-order valence-electron chi connectivity index (χ1n) is 8.00. The van der Waals surface area contributed by atoms with Crippen LogP contribution in [0.2, 0.25) is 5.02 Å². The van der Waals surface area contributed by atoms with Gasteiger partial charge in [0.25, 0.3) is 0 Å². The van der Waals surface area contributed by atoms with Crippen LogP contribution >= 0.6 is 23.4 Å². The first-order valence-corrected chi connectivity index (χ1v) is 9.77. The number of rotatable bonds is 7. The van der Waals surface area contributed by atoms with Gasteiger partial charge in [-0.1, -0.05) is 29.8 Å². The highest BCUT2D eigenvalue weighted by Crippen LogP contribution is 2.19. The Labute approximate surface area is 155 Å². The first-order chi connectivity index (χ1) is 12.2. The van der Waals surface area contributed by atoms with Crippen LogP contribution in [0.1, 0.15) is 23.9 Å². The second-order valence-corrected chi connectivity index (χ2v) is 7.11. The number of aromatic nitrogens is 3. The van der Waals surface area contributed by atoms with E-state index in [1.54, 1.807) is 23.9 Å². The van der Waals surface area contributed by atoms with Crippen LogP contribution in [-0.2, 0) is 11.2 Å². The van der Waals surface area contributed by atoms with Gasteiger partial charge in [-0.05, 0) is 48.3 Å². The summed E-state index contributed by atoms with van der Waals surface area (Å²) < 4.78 is 1.92. The van der Waals surface area contributed by atoms with Gasteiger partial charge in [0, 0.05) is 11.2 Å². The Morgan fingerprint density at radius 3 is 2.80 bits per heavy atom. The third-order valence-electron chi connectivity index (χ3n) is 3.88. The molecule has 1 amide bonds. The van der Waals surface area contributed by atoms with Crippen molar-refractivity contribution in [3.8, 4) is 0 Å². The van der Waals surface area contributed by atoms with Gasteiger partial charge >= 0.3 is 0 Å². The van der Waals surface area contributed by atoms with E-state index in [-0.39, 0.29) is 11.9 Å². The molecule has 1 N–H and O–H groups in total. The van der Waals surface area contributed by atoms with Crippen LogP contribution in [0.4, 0.5) is 0 Å². The van der Waals surface area contributed by atoms with Crippen molar-refractivity contribution in [3.05, 3.63) is 65.1 Å². The number of carbonyl (C=O) groups excluding carboxylic acids is 1. The first kappa shape index (κ1) is 17.8. The Morgan fingerprint density at radius 2 is 2.04 bits per heavy atom. The summed E-state index contributed by atoms with van der Waals surface area (Å²) in [6, 6.07) is 12.9. The lowest BCUT2D eigenvalue weighted by Gasteiger charge is -2.17. The lowest BCUT2D eigenvalue weighted by molar-refractivity contribution is -0.121. The van der Waals surface area contributed by atoms with Crippen LogP contribution in [0.25, 0.3) is 5.65 Å². The van der Waals surface area contributed by atoms with E-state index in [1.807, 2.05) is 40.9 Å². The number of halogens is 1. The number of nitrogens with zero attached hydrogens (tertiary/aromatic N) is 3. The molecule has 0 fully saturated rings. The molecule has 1 aromatic carbocycles. The molecule has 0 saturated heterocycles. The monoisotopic (exact) mass is 374 g/mol. The van der Waals surface area contributed by atoms with E-state index in [9.17, 15) is 4.79 Å². The highest BCUT2D eigenvalue weighted by Gasteiger charge is 2.20. The van der Waals surface area contributed by atoms with Gasteiger partial charge in [-0.25, -0.2) is 0 Å². The molecule has 0 saturated carbocycles. The van der Waals surface area contributed by atoms with E-state index in [4.69, 9.17) is 11.6 Å². The molecule has 1 unspecified atom stereocenters. The molecule has 0 aliphatic carbocycles. The minimum absolute atomic E-state index is 0.0406. The maximum atomic E-state index is 12.5. The summed E-state index contributed by atoms with van der Waals surface area (Å²) in [4.78, 5) is 12.5. The largest absolute Gasteiger partial charge is 0.346 e. The van der Waals surface area contributed by atoms with E-state index in [0.29, 0.717) is 11.4 Å². The summed E-state index contributed by atoms with van der Waals surface area (Å²) in [5.41, 5.74) is 1.70. The SMILES string of the molecule is CSCCC(NC(=O)Cc1ccc(Cl)cc1)c1nnc2ccccn12. The third kappa shape index (κ3) is 4.52. The molecule has 130 valence electrons. The van der Waals surface area contributed by atoms with Gasteiger partial charge in [0.2, 0.25) is 5.91 Å². The molecule has 0 spiro atoms. The Balaban J connectivity index is 1.76. The van der Waals surface area contributed by atoms with Crippen LogP contribution in [-0.4, -0.2) is 32.5 Å². The Bertz CT molecular complexity index is 850. The highest BCUT2D eigenvalue weighted by atomic mass is 35.5. The molecule has 0 aliphatic rings. The number of pyridine rings is 1. The summed E-state index contributed by atoms with van der Waals surface area (Å²) >= 11 is 7.63. The van der Waals surface area contributed by atoms with Crippen LogP contribution in [0.3, 0.4) is 0 Å². The maximum absolute atomic E-state index is 12.5. The smallest absolute Gasteiger partial charge is 0.225 e. The molecule has 1 atom stereocenters. The Hall–Kier alpha value is -2.05. The van der Waals surface area contributed by atoms with Crippen molar-refractivity contribution < 1.29 is 4.79 Å². The molecule has 5 nitrogen and oxygen atoms in total. The van der Waals surface area contributed by atoms with Gasteiger partial charge in [0.1, 0.15) is 0 Å². The molecule has 7 heteroatoms. The molecule has 2 heterocycles. The van der Waals surface area contributed by atoms with E-state index >= 15 is 0 Å². The van der Waals surface area contributed by atoms with Crippen molar-refractivity contribution in [3.63, 3.8) is 0 Å². The molecular weight excluding hydrogens is 356 g/mol. The number of thioether (sulfide) groups is 1. The fourth-order valence-corrected chi connectivity index (χ4v) is 3.23. The predicted octanol–water partition coefficient (Wildman–Crippen LogP) is 3.54. The van der Waals surface area contributed by atoms with E-state index in [2.05, 4.69) is 21.8 Å². The number of nitrogens with one attached hydrogen (secondary N) is 1. The summed E-state index contributed by atoms with van der Waals surface area (Å²) in [6.45, 7) is 0. The number of hydrogen-bond donors (Lipinski definition) is 1. The standard InChI is InChI=1S/C18H19ClN4OS/c1-25-11-9-15(18-22-21-16-4-2-3-10-23(16)18)20-17(24)12-13-5-7-14(19)8-6-13/h2-8,10,15H,9,11-12H2,1H3,(H,20,24). The number of hydrogen-bond acceptors (Lipinski definition) is 4. The van der Waals surface area contributed by atoms with Gasteiger partial charge in [0.15, 0.2) is 11.5 Å². The van der Waals surface area contributed by atoms with Gasteiger partial charge < -0.3 is 5.32 Å². The van der Waals surface area contributed by atoms with E-state index in [0.717, 1.165) is 29.2 Å².